The van der Waals surface area contributed by atoms with Gasteiger partial charge in [0, 0.05) is 24.6 Å². The first-order valence-electron chi connectivity index (χ1n) is 7.11. The summed E-state index contributed by atoms with van der Waals surface area (Å²) in [6.07, 6.45) is 0.991. The number of hydrogen-bond acceptors (Lipinski definition) is 5. The molecule has 0 aromatic heterocycles. The van der Waals surface area contributed by atoms with E-state index in [-0.39, 0.29) is 5.91 Å². The molecule has 1 saturated heterocycles. The van der Waals surface area contributed by atoms with Crippen LogP contribution in [0.5, 0.6) is 17.2 Å². The quantitative estimate of drug-likeness (QED) is 0.904. The summed E-state index contributed by atoms with van der Waals surface area (Å²) < 4.78 is 21.6. The average molecular weight is 293 g/mol. The van der Waals surface area contributed by atoms with Gasteiger partial charge in [-0.3, -0.25) is 4.79 Å². The molecule has 1 aromatic rings. The number of methoxy groups -OCH3 is 1. The molecule has 0 bridgehead atoms. The molecule has 114 valence electrons. The van der Waals surface area contributed by atoms with Crippen LogP contribution in [0.3, 0.4) is 0 Å². The molecule has 0 aliphatic carbocycles. The first-order valence-corrected chi connectivity index (χ1v) is 7.11. The number of benzene rings is 1. The van der Waals surface area contributed by atoms with Crippen LogP contribution in [0.15, 0.2) is 12.1 Å². The maximum absolute atomic E-state index is 12.3. The molecular formula is C15H19NO5. The molecule has 6 nitrogen and oxygen atoms in total. The third kappa shape index (κ3) is 3.05. The van der Waals surface area contributed by atoms with Crippen LogP contribution in [0.4, 0.5) is 0 Å². The van der Waals surface area contributed by atoms with E-state index in [0.29, 0.717) is 55.1 Å². The lowest BCUT2D eigenvalue weighted by atomic mass is 10.1. The second-order valence-corrected chi connectivity index (χ2v) is 5.14. The SMILES string of the molecule is COc1cc(C(=O)NCC2CCOC2)cc2c1OCCO2. The summed E-state index contributed by atoms with van der Waals surface area (Å²) in [7, 11) is 1.55. The fourth-order valence-corrected chi connectivity index (χ4v) is 2.49. The third-order valence-corrected chi connectivity index (χ3v) is 3.67. The maximum Gasteiger partial charge on any atom is 0.251 e. The van der Waals surface area contributed by atoms with Crippen molar-refractivity contribution in [2.24, 2.45) is 5.92 Å². The van der Waals surface area contributed by atoms with Crippen LogP contribution in [-0.4, -0.2) is 46.0 Å². The van der Waals surface area contributed by atoms with Crippen molar-refractivity contribution < 1.29 is 23.7 Å². The Bertz CT molecular complexity index is 508. The monoisotopic (exact) mass is 293 g/mol. The number of nitrogens with one attached hydrogen (secondary N) is 1. The van der Waals surface area contributed by atoms with Crippen molar-refractivity contribution in [2.45, 2.75) is 6.42 Å². The number of carbonyl (C=O) groups excluding carboxylic acids is 1. The minimum atomic E-state index is -0.142. The van der Waals surface area contributed by atoms with Gasteiger partial charge in [-0.2, -0.15) is 0 Å². The van der Waals surface area contributed by atoms with Crippen molar-refractivity contribution >= 4 is 5.91 Å². The van der Waals surface area contributed by atoms with Gasteiger partial charge in [-0.15, -0.1) is 0 Å². The van der Waals surface area contributed by atoms with Gasteiger partial charge in [0.2, 0.25) is 5.75 Å². The van der Waals surface area contributed by atoms with E-state index in [4.69, 9.17) is 18.9 Å². The second-order valence-electron chi connectivity index (χ2n) is 5.14. The molecule has 2 aliphatic heterocycles. The highest BCUT2D eigenvalue weighted by Gasteiger charge is 2.22. The molecule has 0 spiro atoms. The van der Waals surface area contributed by atoms with Crippen LogP contribution in [0.2, 0.25) is 0 Å². The summed E-state index contributed by atoms with van der Waals surface area (Å²) in [5.74, 6) is 1.88. The zero-order chi connectivity index (χ0) is 14.7. The summed E-state index contributed by atoms with van der Waals surface area (Å²) in [5, 5.41) is 2.93. The predicted molar refractivity (Wildman–Crippen MR) is 75.2 cm³/mol. The topological polar surface area (TPSA) is 66.0 Å². The molecule has 0 saturated carbocycles. The number of fused-ring (bicyclic) bond motifs is 1. The van der Waals surface area contributed by atoms with Crippen LogP contribution in [0.25, 0.3) is 0 Å². The van der Waals surface area contributed by atoms with Crippen molar-refractivity contribution in [2.75, 3.05) is 40.1 Å². The molecule has 0 radical (unpaired) electrons. The van der Waals surface area contributed by atoms with Crippen molar-refractivity contribution in [1.29, 1.82) is 0 Å². The fourth-order valence-electron chi connectivity index (χ4n) is 2.49. The molecule has 1 amide bonds. The number of amides is 1. The lowest BCUT2D eigenvalue weighted by Crippen LogP contribution is -2.29. The first kappa shape index (κ1) is 14.0. The smallest absolute Gasteiger partial charge is 0.251 e. The Morgan fingerprint density at radius 3 is 2.95 bits per heavy atom. The van der Waals surface area contributed by atoms with Gasteiger partial charge in [0.25, 0.3) is 5.91 Å². The molecule has 1 fully saturated rings. The number of ether oxygens (including phenoxy) is 4. The van der Waals surface area contributed by atoms with E-state index in [1.165, 1.54) is 0 Å². The summed E-state index contributed by atoms with van der Waals surface area (Å²) in [6, 6.07) is 3.37. The zero-order valence-electron chi connectivity index (χ0n) is 12.0. The van der Waals surface area contributed by atoms with E-state index < -0.39 is 0 Å². The van der Waals surface area contributed by atoms with Gasteiger partial charge in [0.1, 0.15) is 13.2 Å². The first-order chi connectivity index (χ1) is 10.3. The Morgan fingerprint density at radius 1 is 1.33 bits per heavy atom. The molecule has 2 heterocycles. The average Bonchev–Trinajstić information content (AvgIpc) is 3.04. The van der Waals surface area contributed by atoms with Gasteiger partial charge < -0.3 is 24.3 Å². The van der Waals surface area contributed by atoms with Gasteiger partial charge in [0.15, 0.2) is 11.5 Å². The highest BCUT2D eigenvalue weighted by molar-refractivity contribution is 5.95. The normalized spacial score (nSPS) is 20.1. The van der Waals surface area contributed by atoms with E-state index in [9.17, 15) is 4.79 Å². The summed E-state index contributed by atoms with van der Waals surface area (Å²) in [4.78, 5) is 12.3. The Kier molecular flexibility index (Phi) is 4.15. The highest BCUT2D eigenvalue weighted by atomic mass is 16.6. The van der Waals surface area contributed by atoms with Gasteiger partial charge in [-0.25, -0.2) is 0 Å². The highest BCUT2D eigenvalue weighted by Crippen LogP contribution is 2.40. The summed E-state index contributed by atoms with van der Waals surface area (Å²) in [6.45, 7) is 3.07. The van der Waals surface area contributed by atoms with Crippen LogP contribution in [0.1, 0.15) is 16.8 Å². The molecule has 1 N–H and O–H groups in total. The van der Waals surface area contributed by atoms with Crippen molar-refractivity contribution in [1.82, 2.24) is 5.32 Å². The molecule has 3 rings (SSSR count). The largest absolute Gasteiger partial charge is 0.493 e. The molecular weight excluding hydrogens is 274 g/mol. The Balaban J connectivity index is 1.73. The van der Waals surface area contributed by atoms with Crippen LogP contribution in [-0.2, 0) is 4.74 Å². The van der Waals surface area contributed by atoms with Crippen molar-refractivity contribution in [3.05, 3.63) is 17.7 Å². The minimum Gasteiger partial charge on any atom is -0.493 e. The molecule has 6 heteroatoms. The van der Waals surface area contributed by atoms with Gasteiger partial charge in [0.05, 0.1) is 13.7 Å². The predicted octanol–water partition coefficient (Wildman–Crippen LogP) is 1.23. The maximum atomic E-state index is 12.3. The summed E-state index contributed by atoms with van der Waals surface area (Å²) in [5.41, 5.74) is 0.509. The Morgan fingerprint density at radius 2 is 2.19 bits per heavy atom. The van der Waals surface area contributed by atoms with Crippen molar-refractivity contribution in [3.8, 4) is 17.2 Å². The lowest BCUT2D eigenvalue weighted by molar-refractivity contribution is 0.0943. The van der Waals surface area contributed by atoms with E-state index in [1.54, 1.807) is 19.2 Å². The van der Waals surface area contributed by atoms with E-state index in [1.807, 2.05) is 0 Å². The zero-order valence-corrected chi connectivity index (χ0v) is 12.0. The molecule has 1 atom stereocenters. The second kappa shape index (κ2) is 6.22. The molecule has 1 aromatic carbocycles. The fraction of sp³-hybridized carbons (Fsp3) is 0.533. The Hall–Kier alpha value is -1.95. The molecule has 1 unspecified atom stereocenters. The van der Waals surface area contributed by atoms with Gasteiger partial charge >= 0.3 is 0 Å². The van der Waals surface area contributed by atoms with E-state index >= 15 is 0 Å². The minimum absolute atomic E-state index is 0.142. The van der Waals surface area contributed by atoms with Crippen LogP contribution in [0, 0.1) is 5.92 Å². The number of hydrogen-bond donors (Lipinski definition) is 1. The summed E-state index contributed by atoms with van der Waals surface area (Å²) >= 11 is 0. The van der Waals surface area contributed by atoms with Gasteiger partial charge in [-0.1, -0.05) is 0 Å². The van der Waals surface area contributed by atoms with Crippen LogP contribution >= 0.6 is 0 Å². The molecule has 21 heavy (non-hydrogen) atoms. The van der Waals surface area contributed by atoms with E-state index in [2.05, 4.69) is 5.32 Å². The number of rotatable bonds is 4. The molecule has 2 aliphatic rings. The Labute approximate surface area is 123 Å². The van der Waals surface area contributed by atoms with Crippen LogP contribution < -0.4 is 19.5 Å². The third-order valence-electron chi connectivity index (χ3n) is 3.67. The number of carbonyl (C=O) groups is 1. The lowest BCUT2D eigenvalue weighted by Gasteiger charge is -2.21. The van der Waals surface area contributed by atoms with Gasteiger partial charge in [-0.05, 0) is 18.6 Å². The standard InChI is InChI=1S/C15H19NO5/c1-18-12-6-11(7-13-14(12)21-5-4-20-13)15(17)16-8-10-2-3-19-9-10/h6-7,10H,2-5,8-9H2,1H3,(H,16,17). The van der Waals surface area contributed by atoms with E-state index in [0.717, 1.165) is 13.0 Å². The van der Waals surface area contributed by atoms with Crippen molar-refractivity contribution in [3.63, 3.8) is 0 Å².